The van der Waals surface area contributed by atoms with Crippen molar-refractivity contribution in [3.8, 4) is 84.2 Å². The molecule has 0 spiro atoms. The van der Waals surface area contributed by atoms with Gasteiger partial charge in [-0.3, -0.25) is 0 Å². The zero-order valence-corrected chi connectivity index (χ0v) is 48.7. The molecule has 0 atom stereocenters. The van der Waals surface area contributed by atoms with E-state index in [0.717, 1.165) is 145 Å². The highest BCUT2D eigenvalue weighted by atomic mass is 19.4. The Morgan fingerprint density at radius 2 is 0.547 bits per heavy atom. The fourth-order valence-electron chi connectivity index (χ4n) is 13.1. The molecule has 2 aromatic heterocycles. The summed E-state index contributed by atoms with van der Waals surface area (Å²) in [7, 11) is 0. The van der Waals surface area contributed by atoms with E-state index in [1.54, 1.807) is 24.3 Å². The van der Waals surface area contributed by atoms with Gasteiger partial charge in [-0.05, 0) is 196 Å². The van der Waals surface area contributed by atoms with Crippen LogP contribution in [0.15, 0.2) is 200 Å². The number of benzene rings is 11. The van der Waals surface area contributed by atoms with E-state index in [4.69, 9.17) is 0 Å². The Balaban J connectivity index is 1.13. The molecular weight excluding hydrogens is 1080 g/mol. The number of hydrogen-bond acceptors (Lipinski definition) is 1. The average Bonchev–Trinajstić information content (AvgIpc) is 1.61. The first-order valence-corrected chi connectivity index (χ1v) is 28.5. The molecule has 0 aliphatic heterocycles. The molecule has 9 heteroatoms. The summed E-state index contributed by atoms with van der Waals surface area (Å²) in [6.45, 7) is 16.6. The topological polar surface area (TPSA) is 33.6 Å². The summed E-state index contributed by atoms with van der Waals surface area (Å²) in [5.74, 6) is 0. The Labute approximate surface area is 495 Å². The molecule has 11 aromatic carbocycles. The lowest BCUT2D eigenvalue weighted by Gasteiger charge is -2.21. The number of rotatable bonds is 8. The maximum atomic E-state index is 14.7. The highest BCUT2D eigenvalue weighted by molar-refractivity contribution is 6.14. The Bertz CT molecular complexity index is 4690. The normalized spacial score (nSPS) is 12.1. The molecule has 2 heterocycles. The second kappa shape index (κ2) is 20.7. The molecule has 0 aliphatic carbocycles. The minimum Gasteiger partial charge on any atom is -0.309 e. The Morgan fingerprint density at radius 3 is 0.849 bits per heavy atom. The summed E-state index contributed by atoms with van der Waals surface area (Å²) in [4.78, 5) is 0. The van der Waals surface area contributed by atoms with E-state index in [1.807, 2.05) is 12.1 Å². The molecule has 422 valence electrons. The van der Waals surface area contributed by atoms with Gasteiger partial charge in [-0.25, -0.2) is 0 Å². The Morgan fingerprint density at radius 1 is 0.279 bits per heavy atom. The van der Waals surface area contributed by atoms with Crippen LogP contribution in [0.2, 0.25) is 0 Å². The number of alkyl halides is 6. The number of hydrogen-bond donors (Lipinski definition) is 0. The standard InChI is InChI=1S/C77H57F6N3/c1-43-21-44(2)26-57(25-43)52-11-17-70-66(36-52)67-37-53(58-27-45(3)22-46(4)28-58)12-18-71(67)85(70)74-33-51(42-84)9-15-64(74)65-16-10-56(61-34-62(76(78,79)80)41-63(35-61)77(81,82)83)40-75(65)86-72-19-13-54(59-29-47(5)23-48(6)30-59)38-68(72)69-39-55(14-20-73(69)86)60-31-49(7)24-50(8)32-60/h9-41H,1-8H3. The van der Waals surface area contributed by atoms with Crippen LogP contribution in [0, 0.1) is 66.7 Å². The fraction of sp³-hybridized carbons (Fsp3) is 0.130. The van der Waals surface area contributed by atoms with E-state index >= 15 is 0 Å². The summed E-state index contributed by atoms with van der Waals surface area (Å²) in [5, 5.41) is 14.5. The minimum atomic E-state index is -5.08. The molecule has 13 rings (SSSR count). The van der Waals surface area contributed by atoms with Crippen molar-refractivity contribution in [3.63, 3.8) is 0 Å². The predicted octanol–water partition coefficient (Wildman–Crippen LogP) is 22.3. The van der Waals surface area contributed by atoms with E-state index in [2.05, 4.69) is 216 Å². The number of nitrogens with zero attached hydrogens (tertiary/aromatic N) is 3. The van der Waals surface area contributed by atoms with Crippen molar-refractivity contribution in [2.75, 3.05) is 0 Å². The van der Waals surface area contributed by atoms with Gasteiger partial charge in [0.05, 0.1) is 56.2 Å². The zero-order valence-electron chi connectivity index (χ0n) is 48.7. The first kappa shape index (κ1) is 55.3. The van der Waals surface area contributed by atoms with Crippen LogP contribution in [0.1, 0.15) is 61.2 Å². The lowest BCUT2D eigenvalue weighted by Crippen LogP contribution is -2.11. The minimum absolute atomic E-state index is 0.138. The first-order valence-electron chi connectivity index (χ1n) is 28.5. The first-order chi connectivity index (χ1) is 41.0. The van der Waals surface area contributed by atoms with E-state index in [1.165, 1.54) is 0 Å². The van der Waals surface area contributed by atoms with Gasteiger partial charge in [0.25, 0.3) is 0 Å². The third-order valence-electron chi connectivity index (χ3n) is 16.6. The van der Waals surface area contributed by atoms with Crippen LogP contribution < -0.4 is 0 Å². The lowest BCUT2D eigenvalue weighted by atomic mass is 9.94. The van der Waals surface area contributed by atoms with Crippen LogP contribution >= 0.6 is 0 Å². The highest BCUT2D eigenvalue weighted by Gasteiger charge is 2.37. The van der Waals surface area contributed by atoms with Crippen molar-refractivity contribution in [1.29, 1.82) is 5.26 Å². The molecule has 0 N–H and O–H groups in total. The van der Waals surface area contributed by atoms with E-state index in [0.29, 0.717) is 28.1 Å². The Hall–Kier alpha value is -9.91. The predicted molar refractivity (Wildman–Crippen MR) is 340 cm³/mol. The van der Waals surface area contributed by atoms with Gasteiger partial charge in [-0.2, -0.15) is 31.6 Å². The lowest BCUT2D eigenvalue weighted by molar-refractivity contribution is -0.143. The monoisotopic (exact) mass is 1140 g/mol. The summed E-state index contributed by atoms with van der Waals surface area (Å²) in [6, 6.07) is 66.1. The molecule has 0 fully saturated rings. The number of aryl methyl sites for hydroxylation is 8. The van der Waals surface area contributed by atoms with Gasteiger partial charge >= 0.3 is 12.4 Å². The van der Waals surface area contributed by atoms with Gasteiger partial charge in [0.1, 0.15) is 0 Å². The molecule has 0 aliphatic rings. The van der Waals surface area contributed by atoms with Crippen LogP contribution in [-0.2, 0) is 12.4 Å². The van der Waals surface area contributed by atoms with E-state index < -0.39 is 23.5 Å². The number of aromatic nitrogens is 2. The molecule has 3 nitrogen and oxygen atoms in total. The molecule has 0 bridgehead atoms. The van der Waals surface area contributed by atoms with Gasteiger partial charge < -0.3 is 9.13 Å². The molecule has 0 unspecified atom stereocenters. The van der Waals surface area contributed by atoms with Crippen molar-refractivity contribution in [3.05, 3.63) is 261 Å². The molecular formula is C77H57F6N3. The van der Waals surface area contributed by atoms with Crippen LogP contribution in [-0.4, -0.2) is 9.13 Å². The Kier molecular flexibility index (Phi) is 13.3. The van der Waals surface area contributed by atoms with Crippen molar-refractivity contribution < 1.29 is 26.3 Å². The van der Waals surface area contributed by atoms with Gasteiger partial charge in [-0.15, -0.1) is 0 Å². The number of halogens is 6. The fourth-order valence-corrected chi connectivity index (χ4v) is 13.1. The van der Waals surface area contributed by atoms with Crippen molar-refractivity contribution in [1.82, 2.24) is 9.13 Å². The van der Waals surface area contributed by atoms with E-state index in [-0.39, 0.29) is 17.2 Å². The molecule has 0 saturated heterocycles. The summed E-state index contributed by atoms with van der Waals surface area (Å²) >= 11 is 0. The third-order valence-corrected chi connectivity index (χ3v) is 16.6. The van der Waals surface area contributed by atoms with Crippen molar-refractivity contribution >= 4 is 43.6 Å². The number of fused-ring (bicyclic) bond motifs is 6. The molecule has 0 amide bonds. The highest BCUT2D eigenvalue weighted by Crippen LogP contribution is 2.47. The van der Waals surface area contributed by atoms with Crippen LogP contribution in [0.25, 0.3) is 122 Å². The van der Waals surface area contributed by atoms with Gasteiger partial charge in [0, 0.05) is 32.7 Å². The quantitative estimate of drug-likeness (QED) is 0.140. The van der Waals surface area contributed by atoms with Crippen LogP contribution in [0.3, 0.4) is 0 Å². The van der Waals surface area contributed by atoms with Crippen LogP contribution in [0.4, 0.5) is 26.3 Å². The SMILES string of the molecule is Cc1cc(C)cc(-c2ccc3c(c2)c2cc(-c4cc(C)cc(C)c4)ccc2n3-c2cc(C#N)ccc2-c2ccc(-c3cc(C(F)(F)F)cc(C(F)(F)F)c3)cc2-n2c3ccc(-c4cc(C)cc(C)c4)cc3c3cc(-c4cc(C)cc(C)c4)ccc32)c1. The maximum absolute atomic E-state index is 14.7. The average molecular weight is 1140 g/mol. The van der Waals surface area contributed by atoms with Gasteiger partial charge in [0.2, 0.25) is 0 Å². The largest absolute Gasteiger partial charge is 0.416 e. The maximum Gasteiger partial charge on any atom is 0.416 e. The zero-order chi connectivity index (χ0) is 60.2. The van der Waals surface area contributed by atoms with Crippen molar-refractivity contribution in [2.45, 2.75) is 67.7 Å². The summed E-state index contributed by atoms with van der Waals surface area (Å²) in [5.41, 5.74) is 20.3. The second-order valence-electron chi connectivity index (χ2n) is 23.5. The summed E-state index contributed by atoms with van der Waals surface area (Å²) in [6.07, 6.45) is -10.2. The molecule has 0 radical (unpaired) electrons. The van der Waals surface area contributed by atoms with E-state index in [9.17, 15) is 31.6 Å². The van der Waals surface area contributed by atoms with Crippen LogP contribution in [0.5, 0.6) is 0 Å². The van der Waals surface area contributed by atoms with Gasteiger partial charge in [0.15, 0.2) is 0 Å². The smallest absolute Gasteiger partial charge is 0.309 e. The second-order valence-corrected chi connectivity index (χ2v) is 23.5. The molecule has 86 heavy (non-hydrogen) atoms. The summed E-state index contributed by atoms with van der Waals surface area (Å²) < 4.78 is 92.7. The number of nitriles is 1. The third kappa shape index (κ3) is 10.1. The molecule has 0 saturated carbocycles. The molecule has 13 aromatic rings. The van der Waals surface area contributed by atoms with Crippen molar-refractivity contribution in [2.24, 2.45) is 0 Å². The van der Waals surface area contributed by atoms with Gasteiger partial charge in [-0.1, -0.05) is 160 Å².